The van der Waals surface area contributed by atoms with E-state index in [1.807, 2.05) is 0 Å². The van der Waals surface area contributed by atoms with Crippen molar-refractivity contribution >= 4 is 10.0 Å². The van der Waals surface area contributed by atoms with Gasteiger partial charge in [0.1, 0.15) is 11.8 Å². The molecule has 1 aromatic rings. The van der Waals surface area contributed by atoms with E-state index in [1.165, 1.54) is 10.8 Å². The molecular formula is C10H10F5NO3S. The van der Waals surface area contributed by atoms with Gasteiger partial charge in [-0.25, -0.2) is 8.42 Å². The lowest BCUT2D eigenvalue weighted by atomic mass is 10.1. The molecule has 4 nitrogen and oxygen atoms in total. The van der Waals surface area contributed by atoms with Gasteiger partial charge in [0, 0.05) is 5.56 Å². The van der Waals surface area contributed by atoms with Crippen molar-refractivity contribution in [1.29, 1.82) is 0 Å². The van der Waals surface area contributed by atoms with Gasteiger partial charge in [-0.3, -0.25) is 0 Å². The Bertz CT molecular complexity index is 558. The van der Waals surface area contributed by atoms with Gasteiger partial charge in [0.15, 0.2) is 0 Å². The number of rotatable bonds is 5. The predicted octanol–water partition coefficient (Wildman–Crippen LogP) is 2.44. The highest BCUT2D eigenvalue weighted by molar-refractivity contribution is 7.88. The maximum atomic E-state index is 12.9. The fraction of sp³-hybridized carbons (Fsp3) is 0.400. The highest BCUT2D eigenvalue weighted by Crippen LogP contribution is 2.38. The van der Waals surface area contributed by atoms with Gasteiger partial charge in [-0.15, -0.1) is 0 Å². The first-order valence-electron chi connectivity index (χ1n) is 5.08. The first-order chi connectivity index (χ1) is 9.00. The average Bonchev–Trinajstić information content (AvgIpc) is 2.23. The number of nitrogens with one attached hydrogen (secondary N) is 1. The SMILES string of the molecule is CS(=O)(=O)N[C@@H](c1ccccc1OC(F)F)C(F)(F)F. The second-order valence-corrected chi connectivity index (χ2v) is 5.56. The van der Waals surface area contributed by atoms with Crippen LogP contribution >= 0.6 is 0 Å². The number of ether oxygens (including phenoxy) is 1. The second-order valence-electron chi connectivity index (χ2n) is 3.78. The largest absolute Gasteiger partial charge is 0.434 e. The number of hydrogen-bond donors (Lipinski definition) is 1. The molecule has 0 saturated heterocycles. The zero-order valence-electron chi connectivity index (χ0n) is 9.99. The number of alkyl halides is 5. The van der Waals surface area contributed by atoms with Crippen molar-refractivity contribution in [2.24, 2.45) is 0 Å². The van der Waals surface area contributed by atoms with Crippen LogP contribution in [0.25, 0.3) is 0 Å². The molecule has 0 saturated carbocycles. The predicted molar refractivity (Wildman–Crippen MR) is 59.8 cm³/mol. The number of benzene rings is 1. The summed E-state index contributed by atoms with van der Waals surface area (Å²) in [5.74, 6) is -0.749. The Morgan fingerprint density at radius 3 is 2.20 bits per heavy atom. The molecule has 0 aromatic heterocycles. The van der Waals surface area contributed by atoms with E-state index in [2.05, 4.69) is 4.74 Å². The van der Waals surface area contributed by atoms with Crippen LogP contribution in [0.3, 0.4) is 0 Å². The second kappa shape index (κ2) is 5.92. The lowest BCUT2D eigenvalue weighted by molar-refractivity contribution is -0.154. The van der Waals surface area contributed by atoms with E-state index in [0.29, 0.717) is 6.26 Å². The molecule has 0 aliphatic carbocycles. The van der Waals surface area contributed by atoms with Gasteiger partial charge in [0.05, 0.1) is 6.26 Å². The average molecular weight is 319 g/mol. The summed E-state index contributed by atoms with van der Waals surface area (Å²) < 4.78 is 90.3. The third kappa shape index (κ3) is 4.93. The summed E-state index contributed by atoms with van der Waals surface area (Å²) >= 11 is 0. The number of para-hydroxylation sites is 1. The molecule has 0 spiro atoms. The molecule has 0 bridgehead atoms. The Morgan fingerprint density at radius 1 is 1.20 bits per heavy atom. The Kier molecular flexibility index (Phi) is 4.92. The number of sulfonamides is 1. The Morgan fingerprint density at radius 2 is 1.75 bits per heavy atom. The van der Waals surface area contributed by atoms with E-state index < -0.39 is 40.2 Å². The van der Waals surface area contributed by atoms with Crippen molar-refractivity contribution in [2.75, 3.05) is 6.26 Å². The Hall–Kier alpha value is -1.42. The van der Waals surface area contributed by atoms with Gasteiger partial charge in [0.2, 0.25) is 10.0 Å². The van der Waals surface area contributed by atoms with Crippen LogP contribution in [-0.4, -0.2) is 27.5 Å². The van der Waals surface area contributed by atoms with E-state index in [4.69, 9.17) is 0 Å². The smallest absolute Gasteiger partial charge is 0.409 e. The molecule has 0 unspecified atom stereocenters. The van der Waals surface area contributed by atoms with Crippen LogP contribution in [0.5, 0.6) is 5.75 Å². The highest BCUT2D eigenvalue weighted by atomic mass is 32.2. The lowest BCUT2D eigenvalue weighted by Crippen LogP contribution is -2.37. The standard InChI is InChI=1S/C10H10F5NO3S/c1-20(17,18)16-8(10(13,14)15)6-4-2-3-5-7(6)19-9(11)12/h2-5,8-9,16H,1H3/t8-/m0/s1. The van der Waals surface area contributed by atoms with Gasteiger partial charge in [0.25, 0.3) is 0 Å². The molecular weight excluding hydrogens is 309 g/mol. The maximum Gasteiger partial charge on any atom is 0.409 e. The Balaban J connectivity index is 3.27. The van der Waals surface area contributed by atoms with E-state index in [9.17, 15) is 30.4 Å². The van der Waals surface area contributed by atoms with Crippen LogP contribution in [-0.2, 0) is 10.0 Å². The van der Waals surface area contributed by atoms with Crippen LogP contribution < -0.4 is 9.46 Å². The van der Waals surface area contributed by atoms with Crippen LogP contribution in [0, 0.1) is 0 Å². The third-order valence-corrected chi connectivity index (χ3v) is 2.77. The lowest BCUT2D eigenvalue weighted by Gasteiger charge is -2.23. The van der Waals surface area contributed by atoms with Crippen LogP contribution in [0.2, 0.25) is 0 Å². The molecule has 0 heterocycles. The van der Waals surface area contributed by atoms with Gasteiger partial charge in [-0.05, 0) is 6.07 Å². The van der Waals surface area contributed by atoms with E-state index >= 15 is 0 Å². The molecule has 0 amide bonds. The van der Waals surface area contributed by atoms with Crippen molar-refractivity contribution in [3.05, 3.63) is 29.8 Å². The van der Waals surface area contributed by atoms with Crippen molar-refractivity contribution in [1.82, 2.24) is 4.72 Å². The zero-order valence-corrected chi connectivity index (χ0v) is 10.8. The molecule has 1 N–H and O–H groups in total. The molecule has 10 heteroatoms. The quantitative estimate of drug-likeness (QED) is 0.848. The summed E-state index contributed by atoms with van der Waals surface area (Å²) in [6, 6.07) is 1.41. The fourth-order valence-corrected chi connectivity index (χ4v) is 2.13. The van der Waals surface area contributed by atoms with E-state index in [1.54, 1.807) is 0 Å². The summed E-state index contributed by atoms with van der Waals surface area (Å²) in [4.78, 5) is 0. The van der Waals surface area contributed by atoms with Crippen LogP contribution in [0.4, 0.5) is 22.0 Å². The summed E-state index contributed by atoms with van der Waals surface area (Å²) in [6.07, 6.45) is -4.48. The minimum atomic E-state index is -5.01. The van der Waals surface area contributed by atoms with E-state index in [-0.39, 0.29) is 0 Å². The molecule has 20 heavy (non-hydrogen) atoms. The number of halogens is 5. The summed E-state index contributed by atoms with van der Waals surface area (Å²) in [6.45, 7) is -3.33. The van der Waals surface area contributed by atoms with Gasteiger partial charge >= 0.3 is 12.8 Å². The molecule has 0 aliphatic rings. The first-order valence-corrected chi connectivity index (χ1v) is 6.97. The molecule has 0 radical (unpaired) electrons. The molecule has 1 aromatic carbocycles. The molecule has 0 fully saturated rings. The molecule has 114 valence electrons. The first kappa shape index (κ1) is 16.6. The number of hydrogen-bond acceptors (Lipinski definition) is 3. The topological polar surface area (TPSA) is 55.4 Å². The Labute approximate surface area is 111 Å². The summed E-state index contributed by atoms with van der Waals surface area (Å²) in [5, 5.41) is 0. The third-order valence-electron chi connectivity index (χ3n) is 2.11. The van der Waals surface area contributed by atoms with Crippen LogP contribution in [0.15, 0.2) is 24.3 Å². The van der Waals surface area contributed by atoms with E-state index in [0.717, 1.165) is 18.2 Å². The highest BCUT2D eigenvalue weighted by Gasteiger charge is 2.44. The van der Waals surface area contributed by atoms with Crippen molar-refractivity contribution < 1.29 is 35.1 Å². The molecule has 0 aliphatic heterocycles. The fourth-order valence-electron chi connectivity index (χ4n) is 1.44. The van der Waals surface area contributed by atoms with Gasteiger partial charge < -0.3 is 4.74 Å². The normalized spacial score (nSPS) is 14.3. The summed E-state index contributed by atoms with van der Waals surface area (Å²) in [5.41, 5.74) is -0.745. The monoisotopic (exact) mass is 319 g/mol. The minimum absolute atomic E-state index is 0.530. The minimum Gasteiger partial charge on any atom is -0.434 e. The van der Waals surface area contributed by atoms with Crippen molar-refractivity contribution in [2.45, 2.75) is 18.8 Å². The van der Waals surface area contributed by atoms with Crippen molar-refractivity contribution in [3.8, 4) is 5.75 Å². The molecule has 1 rings (SSSR count). The summed E-state index contributed by atoms with van der Waals surface area (Å²) in [7, 11) is -4.21. The maximum absolute atomic E-state index is 12.9. The van der Waals surface area contributed by atoms with Crippen molar-refractivity contribution in [3.63, 3.8) is 0 Å². The van der Waals surface area contributed by atoms with Gasteiger partial charge in [-0.2, -0.15) is 26.7 Å². The zero-order chi connectivity index (χ0) is 15.6. The van der Waals surface area contributed by atoms with Gasteiger partial charge in [-0.1, -0.05) is 18.2 Å². The molecule has 1 atom stereocenters. The van der Waals surface area contributed by atoms with Crippen LogP contribution in [0.1, 0.15) is 11.6 Å².